The second-order valence-electron chi connectivity index (χ2n) is 8.73. The van der Waals surface area contributed by atoms with Crippen molar-refractivity contribution >= 4 is 33.2 Å². The van der Waals surface area contributed by atoms with E-state index in [1.807, 2.05) is 24.3 Å². The molecule has 0 spiro atoms. The molecule has 0 unspecified atom stereocenters. The van der Waals surface area contributed by atoms with Crippen molar-refractivity contribution in [1.29, 1.82) is 0 Å². The van der Waals surface area contributed by atoms with Crippen LogP contribution >= 0.6 is 11.6 Å². The van der Waals surface area contributed by atoms with Gasteiger partial charge in [0.2, 0.25) is 15.9 Å². The number of nitrogens with one attached hydrogen (secondary N) is 1. The molecule has 0 aliphatic heterocycles. The lowest BCUT2D eigenvalue weighted by Crippen LogP contribution is -2.33. The summed E-state index contributed by atoms with van der Waals surface area (Å²) < 4.78 is 36.8. The summed E-state index contributed by atoms with van der Waals surface area (Å²) >= 11 is 6.04. The van der Waals surface area contributed by atoms with E-state index in [4.69, 9.17) is 21.1 Å². The van der Waals surface area contributed by atoms with Gasteiger partial charge in [-0.05, 0) is 47.7 Å². The molecule has 1 N–H and O–H groups in total. The van der Waals surface area contributed by atoms with E-state index in [0.29, 0.717) is 36.0 Å². The van der Waals surface area contributed by atoms with E-state index >= 15 is 0 Å². The van der Waals surface area contributed by atoms with E-state index in [1.165, 1.54) is 23.0 Å². The Hall–Kier alpha value is -2.45. The molecule has 182 valence electrons. The first-order valence-corrected chi connectivity index (χ1v) is 13.0. The number of benzene rings is 2. The number of hydrogen-bond donors (Lipinski definition) is 1. The van der Waals surface area contributed by atoms with Crippen LogP contribution in [0.5, 0.6) is 11.5 Å². The molecule has 2 aromatic carbocycles. The predicted molar refractivity (Wildman–Crippen MR) is 133 cm³/mol. The molecular formula is C24H33ClN2O5S. The first kappa shape index (κ1) is 26.8. The number of methoxy groups -OCH3 is 1. The Bertz CT molecular complexity index is 1030. The second-order valence-corrected chi connectivity index (χ2v) is 11.1. The summed E-state index contributed by atoms with van der Waals surface area (Å²) in [6, 6.07) is 12.7. The molecule has 0 aromatic heterocycles. The van der Waals surface area contributed by atoms with Gasteiger partial charge >= 0.3 is 0 Å². The number of carbonyl (C=O) groups is 1. The van der Waals surface area contributed by atoms with Crippen LogP contribution in [-0.2, 0) is 20.2 Å². The molecule has 0 bridgehead atoms. The van der Waals surface area contributed by atoms with Gasteiger partial charge in [-0.25, -0.2) is 8.42 Å². The van der Waals surface area contributed by atoms with Crippen molar-refractivity contribution in [3.63, 3.8) is 0 Å². The number of hydrogen-bond acceptors (Lipinski definition) is 5. The molecule has 0 radical (unpaired) electrons. The fraction of sp³-hybridized carbons (Fsp3) is 0.458. The summed E-state index contributed by atoms with van der Waals surface area (Å²) in [7, 11) is -2.13. The topological polar surface area (TPSA) is 84.9 Å². The molecule has 0 aliphatic rings. The third kappa shape index (κ3) is 8.44. The summed E-state index contributed by atoms with van der Waals surface area (Å²) in [6.45, 7) is 7.28. The van der Waals surface area contributed by atoms with Crippen LogP contribution < -0.4 is 19.1 Å². The minimum absolute atomic E-state index is 0.0805. The van der Waals surface area contributed by atoms with Gasteiger partial charge < -0.3 is 14.8 Å². The highest BCUT2D eigenvalue weighted by Crippen LogP contribution is 2.33. The maximum Gasteiger partial charge on any atom is 0.232 e. The Labute approximate surface area is 202 Å². The Morgan fingerprint density at radius 2 is 1.79 bits per heavy atom. The molecule has 0 fully saturated rings. The van der Waals surface area contributed by atoms with E-state index in [1.54, 1.807) is 12.1 Å². The summed E-state index contributed by atoms with van der Waals surface area (Å²) in [5.74, 6) is 0.965. The number of amides is 1. The molecule has 0 atom stereocenters. The third-order valence-corrected chi connectivity index (χ3v) is 6.40. The molecule has 33 heavy (non-hydrogen) atoms. The maximum absolute atomic E-state index is 12.3. The first-order valence-electron chi connectivity index (χ1n) is 10.7. The number of halogens is 1. The minimum Gasteiger partial charge on any atom is -0.495 e. The maximum atomic E-state index is 12.3. The Morgan fingerprint density at radius 3 is 2.36 bits per heavy atom. The van der Waals surface area contributed by atoms with E-state index in [0.717, 1.165) is 12.0 Å². The van der Waals surface area contributed by atoms with Gasteiger partial charge in [0.25, 0.3) is 0 Å². The highest BCUT2D eigenvalue weighted by atomic mass is 35.5. The van der Waals surface area contributed by atoms with Crippen molar-refractivity contribution in [3.05, 3.63) is 53.1 Å². The van der Waals surface area contributed by atoms with Crippen molar-refractivity contribution < 1.29 is 22.7 Å². The van der Waals surface area contributed by atoms with Crippen molar-refractivity contribution in [3.8, 4) is 11.5 Å². The molecule has 0 saturated carbocycles. The van der Waals surface area contributed by atoms with Gasteiger partial charge in [-0.1, -0.05) is 44.5 Å². The zero-order chi connectivity index (χ0) is 24.6. The van der Waals surface area contributed by atoms with Crippen molar-refractivity contribution in [2.75, 3.05) is 37.4 Å². The van der Waals surface area contributed by atoms with E-state index in [2.05, 4.69) is 26.1 Å². The number of ether oxygens (including phenoxy) is 2. The molecule has 1 amide bonds. The van der Waals surface area contributed by atoms with Gasteiger partial charge in [-0.15, -0.1) is 0 Å². The number of nitrogens with zero attached hydrogens (tertiary/aromatic N) is 1. The fourth-order valence-electron chi connectivity index (χ4n) is 3.21. The normalized spacial score (nSPS) is 11.7. The van der Waals surface area contributed by atoms with Crippen LogP contribution in [0.15, 0.2) is 42.5 Å². The zero-order valence-corrected chi connectivity index (χ0v) is 21.4. The van der Waals surface area contributed by atoms with Crippen LogP contribution in [0, 0.1) is 0 Å². The third-order valence-electron chi connectivity index (χ3n) is 4.99. The van der Waals surface area contributed by atoms with Gasteiger partial charge in [0.05, 0.1) is 25.6 Å². The van der Waals surface area contributed by atoms with Gasteiger partial charge in [-0.3, -0.25) is 9.10 Å². The lowest BCUT2D eigenvalue weighted by molar-refractivity contribution is -0.121. The van der Waals surface area contributed by atoms with Crippen LogP contribution in [0.4, 0.5) is 5.69 Å². The Morgan fingerprint density at radius 1 is 1.12 bits per heavy atom. The van der Waals surface area contributed by atoms with Crippen molar-refractivity contribution in [2.45, 2.75) is 39.0 Å². The highest BCUT2D eigenvalue weighted by Gasteiger charge is 2.21. The average molecular weight is 497 g/mol. The minimum atomic E-state index is -3.59. The lowest BCUT2D eigenvalue weighted by Gasteiger charge is -2.24. The predicted octanol–water partition coefficient (Wildman–Crippen LogP) is 4.39. The van der Waals surface area contributed by atoms with Crippen molar-refractivity contribution in [1.82, 2.24) is 5.32 Å². The number of rotatable bonds is 11. The van der Waals surface area contributed by atoms with Crippen LogP contribution in [0.3, 0.4) is 0 Å². The van der Waals surface area contributed by atoms with Gasteiger partial charge in [0.15, 0.2) is 0 Å². The molecular weight excluding hydrogens is 464 g/mol. The van der Waals surface area contributed by atoms with Crippen LogP contribution in [0.1, 0.15) is 39.2 Å². The van der Waals surface area contributed by atoms with Gasteiger partial charge in [0.1, 0.15) is 18.1 Å². The average Bonchev–Trinajstić information content (AvgIpc) is 2.73. The summed E-state index contributed by atoms with van der Waals surface area (Å²) in [5, 5.41) is 3.19. The highest BCUT2D eigenvalue weighted by molar-refractivity contribution is 7.92. The van der Waals surface area contributed by atoms with Crippen LogP contribution in [0.2, 0.25) is 5.02 Å². The quantitative estimate of drug-likeness (QED) is 0.466. The monoisotopic (exact) mass is 496 g/mol. The molecule has 0 saturated heterocycles. The number of carbonyl (C=O) groups excluding carboxylic acids is 1. The Balaban J connectivity index is 1.81. The van der Waals surface area contributed by atoms with Crippen LogP contribution in [0.25, 0.3) is 0 Å². The summed E-state index contributed by atoms with van der Waals surface area (Å²) in [6.07, 6.45) is 1.62. The van der Waals surface area contributed by atoms with E-state index < -0.39 is 10.0 Å². The van der Waals surface area contributed by atoms with Crippen molar-refractivity contribution in [2.24, 2.45) is 0 Å². The molecule has 0 aliphatic carbocycles. The van der Waals surface area contributed by atoms with E-state index in [-0.39, 0.29) is 24.3 Å². The van der Waals surface area contributed by atoms with Gasteiger partial charge in [-0.2, -0.15) is 0 Å². The van der Waals surface area contributed by atoms with Gasteiger partial charge in [0, 0.05) is 18.0 Å². The lowest BCUT2D eigenvalue weighted by atomic mass is 9.87. The second kappa shape index (κ2) is 11.6. The SMILES string of the molecule is COc1ccc(Cl)cc1N(CCCC(=O)NCCOc1ccc(C(C)(C)C)cc1)S(C)(=O)=O. The first-order chi connectivity index (χ1) is 15.4. The molecule has 2 rings (SSSR count). The smallest absolute Gasteiger partial charge is 0.232 e. The van der Waals surface area contributed by atoms with E-state index in [9.17, 15) is 13.2 Å². The largest absolute Gasteiger partial charge is 0.495 e. The summed E-state index contributed by atoms with van der Waals surface area (Å²) in [4.78, 5) is 12.2. The summed E-state index contributed by atoms with van der Waals surface area (Å²) in [5.41, 5.74) is 1.65. The number of anilines is 1. The zero-order valence-electron chi connectivity index (χ0n) is 19.9. The molecule has 7 nitrogen and oxygen atoms in total. The number of sulfonamides is 1. The molecule has 9 heteroatoms. The fourth-order valence-corrected chi connectivity index (χ4v) is 4.33. The molecule has 2 aromatic rings. The Kier molecular flexibility index (Phi) is 9.43. The van der Waals surface area contributed by atoms with Crippen LogP contribution in [-0.4, -0.2) is 47.4 Å². The standard InChI is InChI=1S/C24H33ClN2O5S/c1-24(2,3)18-8-11-20(12-9-18)32-16-14-26-23(28)7-6-15-27(33(5,29)30)21-17-19(25)10-13-22(21)31-4/h8-13,17H,6-7,14-16H2,1-5H3,(H,26,28). The molecule has 0 heterocycles.